The lowest BCUT2D eigenvalue weighted by Gasteiger charge is -2.14. The fourth-order valence-electron chi connectivity index (χ4n) is 1.95. The van der Waals surface area contributed by atoms with Crippen LogP contribution in [-0.2, 0) is 4.79 Å². The highest BCUT2D eigenvalue weighted by molar-refractivity contribution is 8.15. The number of nitrogens with one attached hydrogen (secondary N) is 1. The minimum Gasteiger partial charge on any atom is -0.478 e. The van der Waals surface area contributed by atoms with E-state index in [1.165, 1.54) is 17.0 Å². The average molecular weight is 308 g/mol. The summed E-state index contributed by atoms with van der Waals surface area (Å²) in [5, 5.41) is 10.9. The molecule has 0 bridgehead atoms. The second-order valence-corrected chi connectivity index (χ2v) is 5.69. The summed E-state index contributed by atoms with van der Waals surface area (Å²) in [7, 11) is 0. The van der Waals surface area contributed by atoms with Crippen molar-refractivity contribution in [2.45, 2.75) is 25.1 Å². The van der Waals surface area contributed by atoms with E-state index in [9.17, 15) is 14.4 Å². The molecule has 7 heteroatoms. The summed E-state index contributed by atoms with van der Waals surface area (Å²) >= 11 is 0.920. The number of carboxylic acids is 1. The SMILES string of the molecule is CCCCN1C(=O)SC(Nc2cccc(C(=O)O)c2)C1=O. The van der Waals surface area contributed by atoms with Gasteiger partial charge < -0.3 is 10.4 Å². The quantitative estimate of drug-likeness (QED) is 0.840. The smallest absolute Gasteiger partial charge is 0.335 e. The van der Waals surface area contributed by atoms with Crippen LogP contribution in [0.2, 0.25) is 0 Å². The Labute approximate surface area is 126 Å². The van der Waals surface area contributed by atoms with Crippen molar-refractivity contribution in [2.24, 2.45) is 0 Å². The summed E-state index contributed by atoms with van der Waals surface area (Å²) in [6, 6.07) is 6.16. The van der Waals surface area contributed by atoms with Crippen molar-refractivity contribution < 1.29 is 19.5 Å². The highest BCUT2D eigenvalue weighted by Gasteiger charge is 2.39. The molecule has 1 heterocycles. The second kappa shape index (κ2) is 6.62. The molecule has 1 aromatic rings. The number of unbranched alkanes of at least 4 members (excludes halogenated alkanes) is 1. The third-order valence-corrected chi connectivity index (χ3v) is 4.05. The van der Waals surface area contributed by atoms with Crippen molar-refractivity contribution in [2.75, 3.05) is 11.9 Å². The monoisotopic (exact) mass is 308 g/mol. The second-order valence-electron chi connectivity index (χ2n) is 4.64. The normalized spacial score (nSPS) is 18.1. The lowest BCUT2D eigenvalue weighted by molar-refractivity contribution is -0.126. The summed E-state index contributed by atoms with van der Waals surface area (Å²) in [5.74, 6) is -1.32. The molecule has 6 nitrogen and oxygen atoms in total. The summed E-state index contributed by atoms with van der Waals surface area (Å²) in [4.78, 5) is 36.1. The van der Waals surface area contributed by atoms with Crippen LogP contribution in [0.15, 0.2) is 24.3 Å². The van der Waals surface area contributed by atoms with Crippen molar-refractivity contribution in [3.05, 3.63) is 29.8 Å². The molecule has 1 aliphatic rings. The van der Waals surface area contributed by atoms with Crippen molar-refractivity contribution in [3.8, 4) is 0 Å². The summed E-state index contributed by atoms with van der Waals surface area (Å²) in [6.45, 7) is 2.42. The fourth-order valence-corrected chi connectivity index (χ4v) is 2.88. The van der Waals surface area contributed by atoms with Crippen molar-refractivity contribution >= 4 is 34.6 Å². The maximum absolute atomic E-state index is 12.2. The number of thioether (sulfide) groups is 1. The molecule has 0 aliphatic carbocycles. The first kappa shape index (κ1) is 15.4. The van der Waals surface area contributed by atoms with Gasteiger partial charge in [-0.25, -0.2) is 4.79 Å². The Morgan fingerprint density at radius 1 is 1.43 bits per heavy atom. The van der Waals surface area contributed by atoms with E-state index in [-0.39, 0.29) is 16.7 Å². The molecule has 21 heavy (non-hydrogen) atoms. The van der Waals surface area contributed by atoms with Gasteiger partial charge in [-0.1, -0.05) is 19.4 Å². The molecule has 2 N–H and O–H groups in total. The van der Waals surface area contributed by atoms with Crippen LogP contribution in [0.1, 0.15) is 30.1 Å². The Balaban J connectivity index is 2.07. The predicted molar refractivity (Wildman–Crippen MR) is 80.4 cm³/mol. The van der Waals surface area contributed by atoms with Gasteiger partial charge in [0.25, 0.3) is 11.1 Å². The highest BCUT2D eigenvalue weighted by Crippen LogP contribution is 2.28. The van der Waals surface area contributed by atoms with Gasteiger partial charge in [-0.3, -0.25) is 14.5 Å². The van der Waals surface area contributed by atoms with Gasteiger partial charge in [-0.2, -0.15) is 0 Å². The number of hydrogen-bond acceptors (Lipinski definition) is 5. The van der Waals surface area contributed by atoms with Crippen LogP contribution < -0.4 is 5.32 Å². The van der Waals surface area contributed by atoms with Gasteiger partial charge in [0.1, 0.15) is 0 Å². The van der Waals surface area contributed by atoms with E-state index in [4.69, 9.17) is 5.11 Å². The Hall–Kier alpha value is -2.02. The number of hydrogen-bond donors (Lipinski definition) is 2. The van der Waals surface area contributed by atoms with Gasteiger partial charge in [-0.15, -0.1) is 0 Å². The van der Waals surface area contributed by atoms with Crippen LogP contribution in [0.5, 0.6) is 0 Å². The van der Waals surface area contributed by atoms with Gasteiger partial charge >= 0.3 is 5.97 Å². The number of imide groups is 1. The largest absolute Gasteiger partial charge is 0.478 e. The van der Waals surface area contributed by atoms with E-state index >= 15 is 0 Å². The molecular formula is C14H16N2O4S. The lowest BCUT2D eigenvalue weighted by Crippen LogP contribution is -2.35. The number of aromatic carboxylic acids is 1. The first-order chi connectivity index (χ1) is 10.0. The number of carboxylic acid groups (broad SMARTS) is 1. The third kappa shape index (κ3) is 3.55. The van der Waals surface area contributed by atoms with E-state index < -0.39 is 11.3 Å². The number of carbonyl (C=O) groups excluding carboxylic acids is 2. The molecule has 1 saturated heterocycles. The number of carbonyl (C=O) groups is 3. The maximum Gasteiger partial charge on any atom is 0.335 e. The minimum absolute atomic E-state index is 0.129. The molecule has 1 aliphatic heterocycles. The minimum atomic E-state index is -1.04. The van der Waals surface area contributed by atoms with Gasteiger partial charge in [0.05, 0.1) is 5.56 Å². The molecule has 112 valence electrons. The maximum atomic E-state index is 12.2. The molecule has 1 atom stereocenters. The third-order valence-electron chi connectivity index (χ3n) is 3.07. The van der Waals surface area contributed by atoms with E-state index in [2.05, 4.69) is 5.32 Å². The van der Waals surface area contributed by atoms with Crippen LogP contribution in [0.25, 0.3) is 0 Å². The Bertz CT molecular complexity index is 576. The number of rotatable bonds is 6. The molecule has 0 radical (unpaired) electrons. The van der Waals surface area contributed by atoms with E-state index in [0.29, 0.717) is 12.2 Å². The Kier molecular flexibility index (Phi) is 4.85. The highest BCUT2D eigenvalue weighted by atomic mass is 32.2. The van der Waals surface area contributed by atoms with E-state index in [1.807, 2.05) is 6.92 Å². The van der Waals surface area contributed by atoms with Gasteiger partial charge in [-0.05, 0) is 36.4 Å². The van der Waals surface area contributed by atoms with Crippen LogP contribution in [0, 0.1) is 0 Å². The Morgan fingerprint density at radius 2 is 2.19 bits per heavy atom. The zero-order valence-electron chi connectivity index (χ0n) is 11.5. The molecule has 1 fully saturated rings. The molecule has 2 amide bonds. The van der Waals surface area contributed by atoms with Crippen LogP contribution in [0.3, 0.4) is 0 Å². The zero-order valence-corrected chi connectivity index (χ0v) is 12.4. The molecule has 0 aromatic heterocycles. The average Bonchev–Trinajstić information content (AvgIpc) is 2.72. The van der Waals surface area contributed by atoms with Crippen molar-refractivity contribution in [1.82, 2.24) is 4.90 Å². The van der Waals surface area contributed by atoms with E-state index in [1.54, 1.807) is 12.1 Å². The van der Waals surface area contributed by atoms with Gasteiger partial charge in [0, 0.05) is 12.2 Å². The van der Waals surface area contributed by atoms with Crippen LogP contribution in [0.4, 0.5) is 10.5 Å². The molecule has 0 spiro atoms. The van der Waals surface area contributed by atoms with E-state index in [0.717, 1.165) is 24.6 Å². The van der Waals surface area contributed by atoms with Crippen molar-refractivity contribution in [3.63, 3.8) is 0 Å². The molecular weight excluding hydrogens is 292 g/mol. The number of amides is 2. The number of benzene rings is 1. The van der Waals surface area contributed by atoms with Crippen LogP contribution in [-0.4, -0.2) is 39.0 Å². The molecule has 1 aromatic carbocycles. The predicted octanol–water partition coefficient (Wildman–Crippen LogP) is 2.62. The first-order valence-electron chi connectivity index (χ1n) is 6.65. The van der Waals surface area contributed by atoms with Crippen LogP contribution >= 0.6 is 11.8 Å². The lowest BCUT2D eigenvalue weighted by atomic mass is 10.2. The fraction of sp³-hybridized carbons (Fsp3) is 0.357. The summed E-state index contributed by atoms with van der Waals surface area (Å²) < 4.78 is 0. The molecule has 2 rings (SSSR count). The Morgan fingerprint density at radius 3 is 2.86 bits per heavy atom. The zero-order chi connectivity index (χ0) is 15.4. The molecule has 0 saturated carbocycles. The topological polar surface area (TPSA) is 86.7 Å². The van der Waals surface area contributed by atoms with Gasteiger partial charge in [0.15, 0.2) is 5.37 Å². The van der Waals surface area contributed by atoms with Crippen molar-refractivity contribution in [1.29, 1.82) is 0 Å². The summed E-state index contributed by atoms with van der Waals surface area (Å²) in [6.07, 6.45) is 1.68. The standard InChI is InChI=1S/C14H16N2O4S/c1-2-3-7-16-12(17)11(21-14(16)20)15-10-6-4-5-9(8-10)13(18)19/h4-6,8,11,15H,2-3,7H2,1H3,(H,18,19). The molecule has 1 unspecified atom stereocenters. The first-order valence-corrected chi connectivity index (χ1v) is 7.52. The number of anilines is 1. The van der Waals surface area contributed by atoms with Gasteiger partial charge in [0.2, 0.25) is 0 Å². The summed E-state index contributed by atoms with van der Waals surface area (Å²) in [5.41, 5.74) is 0.635. The number of nitrogens with zero attached hydrogens (tertiary/aromatic N) is 1.